The molecule has 0 bridgehead atoms. The van der Waals surface area contributed by atoms with Gasteiger partial charge in [0.2, 0.25) is 5.91 Å². The molecular weight excluding hydrogens is 130 g/mol. The summed E-state index contributed by atoms with van der Waals surface area (Å²) in [4.78, 5) is 12.6. The highest BCUT2D eigenvalue weighted by atomic mass is 16.5. The quantitative estimate of drug-likeness (QED) is 0.542. The second-order valence-electron chi connectivity index (χ2n) is 2.22. The van der Waals surface area contributed by atoms with E-state index in [0.717, 1.165) is 13.0 Å². The Labute approximate surface area is 60.3 Å². The van der Waals surface area contributed by atoms with Crippen LogP contribution >= 0.6 is 0 Å². The second-order valence-corrected chi connectivity index (χ2v) is 2.22. The summed E-state index contributed by atoms with van der Waals surface area (Å²) < 4.78 is 4.86. The second kappa shape index (κ2) is 3.25. The molecule has 0 aromatic rings. The Morgan fingerprint density at radius 2 is 2.60 bits per heavy atom. The number of amides is 1. The first-order valence-corrected chi connectivity index (χ1v) is 3.35. The normalized spacial score (nSPS) is 17.6. The number of ether oxygens (including phenoxy) is 1. The van der Waals surface area contributed by atoms with E-state index in [0.29, 0.717) is 13.2 Å². The zero-order chi connectivity index (χ0) is 7.40. The predicted octanol–water partition coefficient (Wildman–Crippen LogP) is 0.726. The summed E-state index contributed by atoms with van der Waals surface area (Å²) in [5.41, 5.74) is 0. The van der Waals surface area contributed by atoms with Gasteiger partial charge in [0.05, 0.1) is 6.26 Å². The molecule has 1 amide bonds. The Kier molecular flexibility index (Phi) is 2.31. The Bertz CT molecular complexity index is 145. The topological polar surface area (TPSA) is 29.5 Å². The molecule has 0 unspecified atom stereocenters. The van der Waals surface area contributed by atoms with Crippen molar-refractivity contribution in [1.82, 2.24) is 4.90 Å². The molecular formula is C7H11NO2. The zero-order valence-electron chi connectivity index (χ0n) is 5.88. The van der Waals surface area contributed by atoms with E-state index in [1.165, 1.54) is 6.26 Å². The first-order valence-electron chi connectivity index (χ1n) is 3.35. The summed E-state index contributed by atoms with van der Waals surface area (Å²) in [6.45, 7) is 4.58. The van der Waals surface area contributed by atoms with Crippen LogP contribution < -0.4 is 0 Å². The van der Waals surface area contributed by atoms with Gasteiger partial charge in [-0.05, 0) is 6.42 Å². The maximum atomic E-state index is 10.9. The molecule has 1 rings (SSSR count). The van der Waals surface area contributed by atoms with Crippen LogP contribution in [0.2, 0.25) is 0 Å². The van der Waals surface area contributed by atoms with Gasteiger partial charge in [0, 0.05) is 13.0 Å². The van der Waals surface area contributed by atoms with Crippen molar-refractivity contribution in [2.24, 2.45) is 0 Å². The molecule has 0 radical (unpaired) electrons. The minimum atomic E-state index is 0.182. The van der Waals surface area contributed by atoms with Crippen molar-refractivity contribution in [3.63, 3.8) is 0 Å². The molecule has 1 fully saturated rings. The molecule has 0 spiro atoms. The van der Waals surface area contributed by atoms with Crippen molar-refractivity contribution in [2.75, 3.05) is 13.3 Å². The number of carbonyl (C=O) groups is 1. The lowest BCUT2D eigenvalue weighted by Gasteiger charge is -2.13. The molecule has 1 heterocycles. The molecule has 0 atom stereocenters. The molecule has 1 aliphatic rings. The van der Waals surface area contributed by atoms with Crippen LogP contribution in [0, 0.1) is 0 Å². The van der Waals surface area contributed by atoms with Gasteiger partial charge in [0.1, 0.15) is 0 Å². The van der Waals surface area contributed by atoms with Gasteiger partial charge in [0.25, 0.3) is 0 Å². The molecule has 0 aromatic carbocycles. The molecule has 3 heteroatoms. The summed E-state index contributed by atoms with van der Waals surface area (Å²) in [5.74, 6) is 0.182. The van der Waals surface area contributed by atoms with E-state index in [2.05, 4.69) is 6.58 Å². The van der Waals surface area contributed by atoms with E-state index in [9.17, 15) is 4.79 Å². The Hall–Kier alpha value is -0.990. The Morgan fingerprint density at radius 3 is 3.10 bits per heavy atom. The summed E-state index contributed by atoms with van der Waals surface area (Å²) in [6.07, 6.45) is 2.98. The van der Waals surface area contributed by atoms with Crippen molar-refractivity contribution in [3.05, 3.63) is 12.8 Å². The highest BCUT2D eigenvalue weighted by Crippen LogP contribution is 2.08. The molecule has 56 valence electrons. The fourth-order valence-corrected chi connectivity index (χ4v) is 0.983. The van der Waals surface area contributed by atoms with Crippen LogP contribution in [0.3, 0.4) is 0 Å². The molecule has 3 nitrogen and oxygen atoms in total. The number of rotatable bonds is 3. The lowest BCUT2D eigenvalue weighted by molar-refractivity contribution is -0.130. The molecule has 0 saturated carbocycles. The summed E-state index contributed by atoms with van der Waals surface area (Å²) in [7, 11) is 0. The standard InChI is InChI=1S/C7H11NO2/c1-2-10-6-8-5-3-4-7(8)9/h2H,1,3-6H2. The van der Waals surface area contributed by atoms with Crippen LogP contribution in [-0.2, 0) is 9.53 Å². The zero-order valence-corrected chi connectivity index (χ0v) is 5.88. The molecule has 0 aromatic heterocycles. The van der Waals surface area contributed by atoms with Crippen LogP contribution in [0.25, 0.3) is 0 Å². The highest BCUT2D eigenvalue weighted by Gasteiger charge is 2.19. The van der Waals surface area contributed by atoms with E-state index >= 15 is 0 Å². The Balaban J connectivity index is 2.26. The monoisotopic (exact) mass is 141 g/mol. The lowest BCUT2D eigenvalue weighted by atomic mass is 10.4. The van der Waals surface area contributed by atoms with Gasteiger partial charge in [-0.25, -0.2) is 0 Å². The number of hydrogen-bond donors (Lipinski definition) is 0. The average Bonchev–Trinajstić information content (AvgIpc) is 2.31. The SMILES string of the molecule is C=COCN1CCCC1=O. The van der Waals surface area contributed by atoms with Gasteiger partial charge in [-0.15, -0.1) is 0 Å². The smallest absolute Gasteiger partial charge is 0.225 e. The van der Waals surface area contributed by atoms with Gasteiger partial charge >= 0.3 is 0 Å². The van der Waals surface area contributed by atoms with Crippen molar-refractivity contribution in [1.29, 1.82) is 0 Å². The Morgan fingerprint density at radius 1 is 1.80 bits per heavy atom. The van der Waals surface area contributed by atoms with Gasteiger partial charge in [-0.2, -0.15) is 0 Å². The number of nitrogens with zero attached hydrogens (tertiary/aromatic N) is 1. The van der Waals surface area contributed by atoms with Gasteiger partial charge < -0.3 is 9.64 Å². The molecule has 10 heavy (non-hydrogen) atoms. The van der Waals surface area contributed by atoms with E-state index in [4.69, 9.17) is 4.74 Å². The average molecular weight is 141 g/mol. The van der Waals surface area contributed by atoms with Gasteiger partial charge in [-0.3, -0.25) is 4.79 Å². The van der Waals surface area contributed by atoms with Crippen LogP contribution in [0.1, 0.15) is 12.8 Å². The van der Waals surface area contributed by atoms with Crippen LogP contribution in [-0.4, -0.2) is 24.1 Å². The van der Waals surface area contributed by atoms with Crippen molar-refractivity contribution in [2.45, 2.75) is 12.8 Å². The third kappa shape index (κ3) is 1.50. The van der Waals surface area contributed by atoms with E-state index in [1.54, 1.807) is 4.90 Å². The number of likely N-dealkylation sites (tertiary alicyclic amines) is 1. The molecule has 1 aliphatic heterocycles. The number of hydrogen-bond acceptors (Lipinski definition) is 2. The minimum Gasteiger partial charge on any atom is -0.481 e. The highest BCUT2D eigenvalue weighted by molar-refractivity contribution is 5.77. The van der Waals surface area contributed by atoms with Gasteiger partial charge in [-0.1, -0.05) is 6.58 Å². The van der Waals surface area contributed by atoms with Crippen LogP contribution in [0.5, 0.6) is 0 Å². The maximum Gasteiger partial charge on any atom is 0.225 e. The summed E-state index contributed by atoms with van der Waals surface area (Å²) in [5, 5.41) is 0. The number of carbonyl (C=O) groups excluding carboxylic acids is 1. The largest absolute Gasteiger partial charge is 0.481 e. The third-order valence-electron chi connectivity index (χ3n) is 1.52. The molecule has 0 N–H and O–H groups in total. The summed E-state index contributed by atoms with van der Waals surface area (Å²) in [6, 6.07) is 0. The maximum absolute atomic E-state index is 10.9. The lowest BCUT2D eigenvalue weighted by Crippen LogP contribution is -2.26. The van der Waals surface area contributed by atoms with E-state index in [1.807, 2.05) is 0 Å². The van der Waals surface area contributed by atoms with E-state index in [-0.39, 0.29) is 5.91 Å². The van der Waals surface area contributed by atoms with Crippen molar-refractivity contribution in [3.8, 4) is 0 Å². The fraction of sp³-hybridized carbons (Fsp3) is 0.571. The first-order chi connectivity index (χ1) is 4.84. The predicted molar refractivity (Wildman–Crippen MR) is 37.1 cm³/mol. The first kappa shape index (κ1) is 7.12. The third-order valence-corrected chi connectivity index (χ3v) is 1.52. The van der Waals surface area contributed by atoms with E-state index < -0.39 is 0 Å². The van der Waals surface area contributed by atoms with Crippen molar-refractivity contribution >= 4 is 5.91 Å². The molecule has 1 saturated heterocycles. The summed E-state index contributed by atoms with van der Waals surface area (Å²) >= 11 is 0. The fourth-order valence-electron chi connectivity index (χ4n) is 0.983. The van der Waals surface area contributed by atoms with Gasteiger partial charge in [0.15, 0.2) is 6.73 Å². The minimum absolute atomic E-state index is 0.182. The van der Waals surface area contributed by atoms with Crippen LogP contribution in [0.15, 0.2) is 12.8 Å². The molecule has 0 aliphatic carbocycles. The van der Waals surface area contributed by atoms with Crippen molar-refractivity contribution < 1.29 is 9.53 Å². The van der Waals surface area contributed by atoms with Crippen LogP contribution in [0.4, 0.5) is 0 Å².